The maximum absolute atomic E-state index is 11.9. The highest BCUT2D eigenvalue weighted by molar-refractivity contribution is 5.97. The maximum atomic E-state index is 11.9. The van der Waals surface area contributed by atoms with E-state index in [1.54, 1.807) is 19.1 Å². The van der Waals surface area contributed by atoms with Gasteiger partial charge >= 0.3 is 5.97 Å². The van der Waals surface area contributed by atoms with Gasteiger partial charge in [0.25, 0.3) is 0 Å². The zero-order valence-corrected chi connectivity index (χ0v) is 11.8. The second kappa shape index (κ2) is 9.04. The van der Waals surface area contributed by atoms with E-state index in [1.807, 2.05) is 24.3 Å². The average molecular weight is 275 g/mol. The number of esters is 1. The molecule has 20 heavy (non-hydrogen) atoms. The molecule has 0 radical (unpaired) electrons. The van der Waals surface area contributed by atoms with Crippen molar-refractivity contribution in [2.24, 2.45) is 5.73 Å². The van der Waals surface area contributed by atoms with Gasteiger partial charge in [0, 0.05) is 12.0 Å². The van der Waals surface area contributed by atoms with E-state index in [1.165, 1.54) is 0 Å². The molecule has 0 spiro atoms. The summed E-state index contributed by atoms with van der Waals surface area (Å²) < 4.78 is 4.79. The Labute approximate surface area is 119 Å². The monoisotopic (exact) mass is 275 g/mol. The molecule has 0 heterocycles. The molecule has 4 heteroatoms. The normalized spacial score (nSPS) is 10.7. The van der Waals surface area contributed by atoms with E-state index in [0.29, 0.717) is 18.7 Å². The summed E-state index contributed by atoms with van der Waals surface area (Å²) in [5.41, 5.74) is 7.05. The summed E-state index contributed by atoms with van der Waals surface area (Å²) in [5.74, 6) is -0.377. The second-order valence-corrected chi connectivity index (χ2v) is 4.33. The summed E-state index contributed by atoms with van der Waals surface area (Å²) in [5, 5.41) is 0. The van der Waals surface area contributed by atoms with Crippen molar-refractivity contribution in [3.05, 3.63) is 41.5 Å². The molecular formula is C16H21NO3. The van der Waals surface area contributed by atoms with E-state index < -0.39 is 0 Å². The number of ketones is 1. The Bertz CT molecular complexity index is 463. The van der Waals surface area contributed by atoms with Crippen LogP contribution in [-0.4, -0.2) is 24.9 Å². The lowest BCUT2D eigenvalue weighted by molar-refractivity contribution is -0.143. The molecule has 0 aliphatic carbocycles. The van der Waals surface area contributed by atoms with Crippen LogP contribution in [0, 0.1) is 0 Å². The fourth-order valence-electron chi connectivity index (χ4n) is 1.69. The second-order valence-electron chi connectivity index (χ2n) is 4.33. The number of nitrogens with two attached hydrogens (primary N) is 1. The predicted octanol–water partition coefficient (Wildman–Crippen LogP) is 2.57. The number of Topliss-reactive ketones (excluding diaryl/α,β-unsaturated/α-hetero) is 1. The smallest absolute Gasteiger partial charge is 0.306 e. The molecule has 0 saturated carbocycles. The van der Waals surface area contributed by atoms with Gasteiger partial charge in [-0.05, 0) is 25.5 Å². The minimum absolute atomic E-state index is 0.0458. The topological polar surface area (TPSA) is 69.4 Å². The molecule has 2 N–H and O–H groups in total. The first-order valence-electron chi connectivity index (χ1n) is 6.83. The molecule has 0 fully saturated rings. The van der Waals surface area contributed by atoms with E-state index in [4.69, 9.17) is 10.5 Å². The minimum atomic E-state index is -0.331. The first-order chi connectivity index (χ1) is 9.67. The van der Waals surface area contributed by atoms with E-state index in [-0.39, 0.29) is 24.6 Å². The highest BCUT2D eigenvalue weighted by Crippen LogP contribution is 2.10. The largest absolute Gasteiger partial charge is 0.466 e. The Hall–Kier alpha value is -1.94. The molecule has 0 bridgehead atoms. The first-order valence-corrected chi connectivity index (χ1v) is 6.83. The van der Waals surface area contributed by atoms with Crippen LogP contribution in [0.1, 0.15) is 42.1 Å². The van der Waals surface area contributed by atoms with Gasteiger partial charge in [-0.3, -0.25) is 9.59 Å². The van der Waals surface area contributed by atoms with Crippen molar-refractivity contribution >= 4 is 17.8 Å². The van der Waals surface area contributed by atoms with Crippen molar-refractivity contribution in [3.63, 3.8) is 0 Å². The minimum Gasteiger partial charge on any atom is -0.466 e. The van der Waals surface area contributed by atoms with Crippen LogP contribution in [0.15, 0.2) is 30.3 Å². The summed E-state index contributed by atoms with van der Waals surface area (Å²) >= 11 is 0. The first kappa shape index (κ1) is 16.1. The molecule has 0 unspecified atom stereocenters. The molecule has 0 aliphatic heterocycles. The third kappa shape index (κ3) is 5.80. The van der Waals surface area contributed by atoms with Crippen molar-refractivity contribution in [1.29, 1.82) is 0 Å². The van der Waals surface area contributed by atoms with Gasteiger partial charge in [-0.25, -0.2) is 0 Å². The number of hydrogen-bond acceptors (Lipinski definition) is 4. The van der Waals surface area contributed by atoms with Gasteiger partial charge in [0.05, 0.1) is 13.0 Å². The van der Waals surface area contributed by atoms with Crippen LogP contribution in [0.2, 0.25) is 0 Å². The standard InChI is InChI=1S/C16H21NO3/c1-2-20-16(19)11-10-15(18)14-8-6-13(7-9-14)5-3-4-12-17/h3,5-9H,2,4,10-12,17H2,1H3. The summed E-state index contributed by atoms with van der Waals surface area (Å²) in [6.45, 7) is 2.72. The predicted molar refractivity (Wildman–Crippen MR) is 79.3 cm³/mol. The van der Waals surface area contributed by atoms with Gasteiger partial charge in [0.1, 0.15) is 0 Å². The average Bonchev–Trinajstić information content (AvgIpc) is 2.46. The molecule has 1 rings (SSSR count). The number of hydrogen-bond donors (Lipinski definition) is 1. The van der Waals surface area contributed by atoms with Gasteiger partial charge in [-0.1, -0.05) is 36.4 Å². The Morgan fingerprint density at radius 2 is 1.90 bits per heavy atom. The molecule has 0 atom stereocenters. The number of carbonyl (C=O) groups is 2. The SMILES string of the molecule is CCOC(=O)CCC(=O)c1ccc(C=CCCN)cc1. The van der Waals surface area contributed by atoms with Crippen LogP contribution in [0.3, 0.4) is 0 Å². The van der Waals surface area contributed by atoms with Crippen LogP contribution in [-0.2, 0) is 9.53 Å². The lowest BCUT2D eigenvalue weighted by Gasteiger charge is -2.02. The Balaban J connectivity index is 2.51. The molecule has 1 aromatic carbocycles. The molecule has 108 valence electrons. The highest BCUT2D eigenvalue weighted by Gasteiger charge is 2.09. The summed E-state index contributed by atoms with van der Waals surface area (Å²) in [6.07, 6.45) is 5.11. The fourth-order valence-corrected chi connectivity index (χ4v) is 1.69. The van der Waals surface area contributed by atoms with E-state index in [0.717, 1.165) is 12.0 Å². The Kier molecular flexibility index (Phi) is 7.29. The zero-order chi connectivity index (χ0) is 14.8. The molecule has 1 aromatic rings. The van der Waals surface area contributed by atoms with Crippen LogP contribution in [0.4, 0.5) is 0 Å². The summed E-state index contributed by atoms with van der Waals surface area (Å²) in [4.78, 5) is 23.1. The van der Waals surface area contributed by atoms with E-state index in [9.17, 15) is 9.59 Å². The molecule has 4 nitrogen and oxygen atoms in total. The molecule has 0 aliphatic rings. The van der Waals surface area contributed by atoms with Gasteiger partial charge in [0.15, 0.2) is 5.78 Å². The number of rotatable bonds is 8. The quantitative estimate of drug-likeness (QED) is 0.585. The fraction of sp³-hybridized carbons (Fsp3) is 0.375. The lowest BCUT2D eigenvalue weighted by atomic mass is 10.0. The van der Waals surface area contributed by atoms with Crippen molar-refractivity contribution in [1.82, 2.24) is 0 Å². The van der Waals surface area contributed by atoms with Crippen LogP contribution < -0.4 is 5.73 Å². The van der Waals surface area contributed by atoms with Gasteiger partial charge in [-0.2, -0.15) is 0 Å². The van der Waals surface area contributed by atoms with Crippen molar-refractivity contribution < 1.29 is 14.3 Å². The van der Waals surface area contributed by atoms with E-state index >= 15 is 0 Å². The van der Waals surface area contributed by atoms with Crippen molar-refractivity contribution in [2.45, 2.75) is 26.2 Å². The van der Waals surface area contributed by atoms with Crippen LogP contribution >= 0.6 is 0 Å². The van der Waals surface area contributed by atoms with Crippen molar-refractivity contribution in [2.75, 3.05) is 13.2 Å². The number of ether oxygens (including phenoxy) is 1. The third-order valence-electron chi connectivity index (χ3n) is 2.74. The molecular weight excluding hydrogens is 254 g/mol. The molecule has 0 aromatic heterocycles. The maximum Gasteiger partial charge on any atom is 0.306 e. The van der Waals surface area contributed by atoms with Gasteiger partial charge in [0.2, 0.25) is 0 Å². The molecule has 0 saturated heterocycles. The van der Waals surface area contributed by atoms with Gasteiger partial charge < -0.3 is 10.5 Å². The third-order valence-corrected chi connectivity index (χ3v) is 2.74. The van der Waals surface area contributed by atoms with E-state index in [2.05, 4.69) is 0 Å². The van der Waals surface area contributed by atoms with Crippen LogP contribution in [0.5, 0.6) is 0 Å². The van der Waals surface area contributed by atoms with Gasteiger partial charge in [-0.15, -0.1) is 0 Å². The Morgan fingerprint density at radius 1 is 1.20 bits per heavy atom. The van der Waals surface area contributed by atoms with Crippen LogP contribution in [0.25, 0.3) is 6.08 Å². The lowest BCUT2D eigenvalue weighted by Crippen LogP contribution is -2.07. The highest BCUT2D eigenvalue weighted by atomic mass is 16.5. The number of benzene rings is 1. The Morgan fingerprint density at radius 3 is 2.50 bits per heavy atom. The number of carbonyl (C=O) groups excluding carboxylic acids is 2. The molecule has 0 amide bonds. The van der Waals surface area contributed by atoms with Crippen molar-refractivity contribution in [3.8, 4) is 0 Å². The summed E-state index contributed by atoms with van der Waals surface area (Å²) in [7, 11) is 0. The zero-order valence-electron chi connectivity index (χ0n) is 11.8. The summed E-state index contributed by atoms with van der Waals surface area (Å²) in [6, 6.07) is 7.31.